The molecule has 0 atom stereocenters. The monoisotopic (exact) mass is 387 g/mol. The molecule has 1 aromatic rings. The first-order valence-corrected chi connectivity index (χ1v) is 9.03. The summed E-state index contributed by atoms with van der Waals surface area (Å²) in [5, 5.41) is 22.1. The first-order chi connectivity index (χ1) is 11.8. The molecule has 0 aliphatic heterocycles. The fraction of sp³-hybridized carbons (Fsp3) is 0.467. The summed E-state index contributed by atoms with van der Waals surface area (Å²) in [6, 6.07) is 4.53. The third-order valence-corrected chi connectivity index (χ3v) is 5.34. The van der Waals surface area contributed by atoms with E-state index >= 15 is 0 Å². The number of nitrogens with one attached hydrogen (secondary N) is 1. The number of hydrogen-bond acceptors (Lipinski definition) is 6. The number of carboxylic acids is 1. The van der Waals surface area contributed by atoms with Crippen LogP contribution in [0.15, 0.2) is 29.2 Å². The van der Waals surface area contributed by atoms with Crippen LogP contribution >= 0.6 is 0 Å². The third-order valence-electron chi connectivity index (χ3n) is 3.54. The second kappa shape index (κ2) is 8.23. The van der Waals surface area contributed by atoms with Crippen molar-refractivity contribution in [1.29, 1.82) is 0 Å². The van der Waals surface area contributed by atoms with Gasteiger partial charge in [0.1, 0.15) is 0 Å². The highest BCUT2D eigenvalue weighted by molar-refractivity contribution is 7.89. The molecule has 0 aromatic heterocycles. The van der Waals surface area contributed by atoms with E-state index in [2.05, 4.69) is 5.32 Å². The fourth-order valence-electron chi connectivity index (χ4n) is 2.12. The molecular formula is C15H21N3O7S. The number of nitro groups is 1. The summed E-state index contributed by atoms with van der Waals surface area (Å²) in [4.78, 5) is 32.5. The number of sulfonamides is 1. The number of rotatable bonds is 9. The van der Waals surface area contributed by atoms with Crippen LogP contribution in [0.1, 0.15) is 26.7 Å². The lowest BCUT2D eigenvalue weighted by Crippen LogP contribution is -2.48. The molecule has 1 rings (SSSR count). The summed E-state index contributed by atoms with van der Waals surface area (Å²) in [6.45, 7) is 2.74. The van der Waals surface area contributed by atoms with E-state index in [0.717, 1.165) is 16.4 Å². The highest BCUT2D eigenvalue weighted by Gasteiger charge is 2.27. The molecule has 0 saturated carbocycles. The van der Waals surface area contributed by atoms with E-state index in [4.69, 9.17) is 5.11 Å². The van der Waals surface area contributed by atoms with Crippen LogP contribution in [0, 0.1) is 10.1 Å². The smallest absolute Gasteiger partial charge is 0.303 e. The van der Waals surface area contributed by atoms with Gasteiger partial charge in [-0.1, -0.05) is 6.07 Å². The molecule has 0 spiro atoms. The number of amides is 1. The molecule has 1 amide bonds. The topological polar surface area (TPSA) is 147 Å². The van der Waals surface area contributed by atoms with Crippen LogP contribution in [-0.4, -0.2) is 53.8 Å². The summed E-state index contributed by atoms with van der Waals surface area (Å²) in [5.41, 5.74) is -1.20. The second-order valence-electron chi connectivity index (χ2n) is 6.34. The average molecular weight is 387 g/mol. The first kappa shape index (κ1) is 21.5. The number of nitro benzene ring substituents is 1. The molecule has 0 fully saturated rings. The van der Waals surface area contributed by atoms with Crippen molar-refractivity contribution in [2.75, 3.05) is 13.6 Å². The Morgan fingerprint density at radius 2 is 1.96 bits per heavy atom. The molecular weight excluding hydrogens is 366 g/mol. The second-order valence-corrected chi connectivity index (χ2v) is 8.39. The molecule has 144 valence electrons. The van der Waals surface area contributed by atoms with Gasteiger partial charge in [0, 0.05) is 31.1 Å². The Morgan fingerprint density at radius 1 is 1.35 bits per heavy atom. The molecule has 0 radical (unpaired) electrons. The summed E-state index contributed by atoms with van der Waals surface area (Å²) in [5.74, 6) is -1.62. The van der Waals surface area contributed by atoms with Gasteiger partial charge in [0.15, 0.2) is 0 Å². The Morgan fingerprint density at radius 3 is 2.50 bits per heavy atom. The third kappa shape index (κ3) is 6.08. The van der Waals surface area contributed by atoms with E-state index in [-0.39, 0.29) is 23.4 Å². The van der Waals surface area contributed by atoms with Gasteiger partial charge >= 0.3 is 5.97 Å². The Kier molecular flexibility index (Phi) is 6.81. The molecule has 0 bridgehead atoms. The highest BCUT2D eigenvalue weighted by atomic mass is 32.2. The van der Waals surface area contributed by atoms with Crippen LogP contribution in [0.25, 0.3) is 0 Å². The van der Waals surface area contributed by atoms with Gasteiger partial charge in [-0.25, -0.2) is 8.42 Å². The van der Waals surface area contributed by atoms with E-state index in [1.54, 1.807) is 13.8 Å². The molecule has 1 aromatic carbocycles. The van der Waals surface area contributed by atoms with E-state index in [1.807, 2.05) is 0 Å². The van der Waals surface area contributed by atoms with Gasteiger partial charge in [0.2, 0.25) is 15.9 Å². The van der Waals surface area contributed by atoms with Crippen LogP contribution in [0.3, 0.4) is 0 Å². The van der Waals surface area contributed by atoms with Gasteiger partial charge in [-0.05, 0) is 26.3 Å². The van der Waals surface area contributed by atoms with Gasteiger partial charge in [0.05, 0.1) is 16.4 Å². The Labute approximate surface area is 151 Å². The minimum absolute atomic E-state index is 0.144. The Hall–Kier alpha value is -2.53. The molecule has 0 heterocycles. The van der Waals surface area contributed by atoms with Crippen LogP contribution in [0.5, 0.6) is 0 Å². The van der Waals surface area contributed by atoms with E-state index in [9.17, 15) is 28.1 Å². The summed E-state index contributed by atoms with van der Waals surface area (Å²) < 4.78 is 25.7. The molecule has 0 aliphatic carbocycles. The predicted molar refractivity (Wildman–Crippen MR) is 92.0 cm³/mol. The first-order valence-electron chi connectivity index (χ1n) is 7.59. The van der Waals surface area contributed by atoms with Gasteiger partial charge in [0.25, 0.3) is 5.69 Å². The molecule has 0 aliphatic rings. The van der Waals surface area contributed by atoms with Crippen molar-refractivity contribution >= 4 is 27.6 Å². The van der Waals surface area contributed by atoms with E-state index < -0.39 is 38.9 Å². The zero-order valence-corrected chi connectivity index (χ0v) is 15.4. The minimum Gasteiger partial charge on any atom is -0.481 e. The molecule has 0 saturated heterocycles. The van der Waals surface area contributed by atoms with E-state index in [0.29, 0.717) is 0 Å². The van der Waals surface area contributed by atoms with Crippen molar-refractivity contribution in [3.8, 4) is 0 Å². The van der Waals surface area contributed by atoms with Crippen molar-refractivity contribution < 1.29 is 28.0 Å². The quantitative estimate of drug-likeness (QED) is 0.474. The van der Waals surface area contributed by atoms with Crippen molar-refractivity contribution in [3.05, 3.63) is 34.4 Å². The predicted octanol–water partition coefficient (Wildman–Crippen LogP) is 0.975. The maximum absolute atomic E-state index is 12.5. The molecule has 0 unspecified atom stereocenters. The number of non-ortho nitro benzene ring substituents is 1. The Bertz CT molecular complexity index is 805. The normalized spacial score (nSPS) is 12.0. The number of benzene rings is 1. The summed E-state index contributed by atoms with van der Waals surface area (Å²) >= 11 is 0. The minimum atomic E-state index is -4.10. The zero-order chi connectivity index (χ0) is 20.1. The van der Waals surface area contributed by atoms with Crippen molar-refractivity contribution in [3.63, 3.8) is 0 Å². The number of likely N-dealkylation sites (N-methyl/N-ethyl adjacent to an activating group) is 1. The average Bonchev–Trinajstić information content (AvgIpc) is 2.52. The number of hydrogen-bond donors (Lipinski definition) is 2. The number of carbonyl (C=O) groups is 2. The van der Waals surface area contributed by atoms with Crippen molar-refractivity contribution in [1.82, 2.24) is 9.62 Å². The number of aliphatic carboxylic acids is 1. The van der Waals surface area contributed by atoms with Crippen molar-refractivity contribution in [2.45, 2.75) is 37.1 Å². The number of carboxylic acid groups (broad SMARTS) is 1. The highest BCUT2D eigenvalue weighted by Crippen LogP contribution is 2.20. The van der Waals surface area contributed by atoms with Crippen molar-refractivity contribution in [2.24, 2.45) is 0 Å². The molecule has 2 N–H and O–H groups in total. The number of carbonyl (C=O) groups excluding carboxylic acids is 1. The van der Waals surface area contributed by atoms with Gasteiger partial charge in [-0.2, -0.15) is 4.31 Å². The SMILES string of the molecule is CN(CC(=O)NC(C)(C)CCC(=O)O)S(=O)(=O)c1cccc([N+](=O)[O-])c1. The number of nitrogens with zero attached hydrogens (tertiary/aromatic N) is 2. The van der Waals surface area contributed by atoms with Crippen LogP contribution in [0.2, 0.25) is 0 Å². The van der Waals surface area contributed by atoms with Gasteiger partial charge in [-0.15, -0.1) is 0 Å². The van der Waals surface area contributed by atoms with Gasteiger partial charge < -0.3 is 10.4 Å². The zero-order valence-electron chi connectivity index (χ0n) is 14.6. The molecule has 10 nitrogen and oxygen atoms in total. The lowest BCUT2D eigenvalue weighted by Gasteiger charge is -2.27. The van der Waals surface area contributed by atoms with Crippen LogP contribution in [0.4, 0.5) is 5.69 Å². The fourth-order valence-corrected chi connectivity index (χ4v) is 3.29. The maximum atomic E-state index is 12.5. The molecule has 11 heteroatoms. The largest absolute Gasteiger partial charge is 0.481 e. The maximum Gasteiger partial charge on any atom is 0.303 e. The summed E-state index contributed by atoms with van der Waals surface area (Å²) in [7, 11) is -2.92. The van der Waals surface area contributed by atoms with Crippen LogP contribution < -0.4 is 5.32 Å². The molecule has 26 heavy (non-hydrogen) atoms. The lowest BCUT2D eigenvalue weighted by atomic mass is 9.98. The van der Waals surface area contributed by atoms with E-state index in [1.165, 1.54) is 19.2 Å². The standard InChI is InChI=1S/C15H21N3O7S/c1-15(2,8-7-14(20)21)16-13(19)10-17(3)26(24,25)12-6-4-5-11(9-12)18(22)23/h4-6,9H,7-8,10H2,1-3H3,(H,16,19)(H,20,21). The Balaban J connectivity index is 2.83. The van der Waals surface area contributed by atoms with Crippen LogP contribution in [-0.2, 0) is 19.6 Å². The summed E-state index contributed by atoms with van der Waals surface area (Å²) in [6.07, 6.45) is 0.0323. The lowest BCUT2D eigenvalue weighted by molar-refractivity contribution is -0.385. The van der Waals surface area contributed by atoms with Gasteiger partial charge in [-0.3, -0.25) is 19.7 Å².